The number of carbonyl (C=O) groups is 1. The van der Waals surface area contributed by atoms with E-state index in [2.05, 4.69) is 4.98 Å². The first-order valence-electron chi connectivity index (χ1n) is 9.50. The van der Waals surface area contributed by atoms with Crippen LogP contribution in [0.15, 0.2) is 60.9 Å². The van der Waals surface area contributed by atoms with Crippen molar-refractivity contribution in [1.29, 1.82) is 0 Å². The summed E-state index contributed by atoms with van der Waals surface area (Å²) in [6.07, 6.45) is 3.45. The fraction of sp³-hybridized carbons (Fsp3) is 0.174. The molecule has 0 N–H and O–H groups in total. The van der Waals surface area contributed by atoms with E-state index in [4.69, 9.17) is 19.2 Å². The molecule has 31 heavy (non-hydrogen) atoms. The Kier molecular flexibility index (Phi) is 5.99. The van der Waals surface area contributed by atoms with Crippen LogP contribution in [0, 0.1) is 0 Å². The first-order valence-corrected chi connectivity index (χ1v) is 10.3. The molecule has 0 unspecified atom stereocenters. The third-order valence-electron chi connectivity index (χ3n) is 4.76. The van der Waals surface area contributed by atoms with Crippen LogP contribution in [0.3, 0.4) is 0 Å². The molecule has 2 heterocycles. The predicted molar refractivity (Wildman–Crippen MR) is 120 cm³/mol. The molecule has 2 aromatic heterocycles. The molecule has 4 rings (SSSR count). The van der Waals surface area contributed by atoms with E-state index < -0.39 is 0 Å². The van der Waals surface area contributed by atoms with Crippen LogP contribution in [0.5, 0.6) is 17.2 Å². The van der Waals surface area contributed by atoms with E-state index in [0.29, 0.717) is 34.5 Å². The van der Waals surface area contributed by atoms with Gasteiger partial charge in [0.05, 0.1) is 38.1 Å². The standard InChI is InChI=1S/C23H21N3O4S/c1-28-17-8-6-16(7-9-17)22(27)26(14-15-5-4-10-24-13-15)23-25-18-11-19(29-2)20(30-3)12-21(18)31-23/h4-13H,14H2,1-3H3. The Morgan fingerprint density at radius 3 is 2.39 bits per heavy atom. The van der Waals surface area contributed by atoms with E-state index in [-0.39, 0.29) is 5.91 Å². The molecule has 0 bridgehead atoms. The van der Waals surface area contributed by atoms with Gasteiger partial charge in [-0.1, -0.05) is 17.4 Å². The van der Waals surface area contributed by atoms with E-state index in [9.17, 15) is 4.79 Å². The second-order valence-corrected chi connectivity index (χ2v) is 7.66. The van der Waals surface area contributed by atoms with Crippen molar-refractivity contribution in [2.45, 2.75) is 6.54 Å². The lowest BCUT2D eigenvalue weighted by molar-refractivity contribution is 0.0985. The summed E-state index contributed by atoms with van der Waals surface area (Å²) in [5.41, 5.74) is 2.18. The van der Waals surface area contributed by atoms with Crippen LogP contribution in [0.1, 0.15) is 15.9 Å². The Labute approximate surface area is 183 Å². The van der Waals surface area contributed by atoms with Crippen LogP contribution in [-0.2, 0) is 6.54 Å². The van der Waals surface area contributed by atoms with E-state index in [1.165, 1.54) is 11.3 Å². The highest BCUT2D eigenvalue weighted by molar-refractivity contribution is 7.22. The van der Waals surface area contributed by atoms with Crippen molar-refractivity contribution in [2.75, 3.05) is 26.2 Å². The fourth-order valence-corrected chi connectivity index (χ4v) is 4.12. The Bertz CT molecular complexity index is 1150. The number of fused-ring (bicyclic) bond motifs is 1. The van der Waals surface area contributed by atoms with Gasteiger partial charge in [-0.3, -0.25) is 14.7 Å². The number of anilines is 1. The zero-order valence-corrected chi connectivity index (χ0v) is 18.2. The summed E-state index contributed by atoms with van der Waals surface area (Å²) in [4.78, 5) is 24.0. The Hall–Kier alpha value is -3.65. The number of ether oxygens (including phenoxy) is 3. The SMILES string of the molecule is COc1ccc(C(=O)N(Cc2cccnc2)c2nc3cc(OC)c(OC)cc3s2)cc1. The second-order valence-electron chi connectivity index (χ2n) is 6.65. The number of carbonyl (C=O) groups excluding carboxylic acids is 1. The van der Waals surface area contributed by atoms with Gasteiger partial charge in [-0.15, -0.1) is 0 Å². The normalized spacial score (nSPS) is 10.7. The van der Waals surface area contributed by atoms with Crippen LogP contribution in [0.4, 0.5) is 5.13 Å². The molecule has 158 valence electrons. The van der Waals surface area contributed by atoms with Gasteiger partial charge in [0.25, 0.3) is 5.91 Å². The van der Waals surface area contributed by atoms with Gasteiger partial charge < -0.3 is 14.2 Å². The molecule has 4 aromatic rings. The van der Waals surface area contributed by atoms with Gasteiger partial charge >= 0.3 is 0 Å². The van der Waals surface area contributed by atoms with Gasteiger partial charge in [0, 0.05) is 30.1 Å². The molecule has 8 heteroatoms. The van der Waals surface area contributed by atoms with Crippen molar-refractivity contribution >= 4 is 32.6 Å². The third kappa shape index (κ3) is 4.29. The van der Waals surface area contributed by atoms with Crippen molar-refractivity contribution in [2.24, 2.45) is 0 Å². The molecule has 0 saturated carbocycles. The molecule has 0 aliphatic heterocycles. The van der Waals surface area contributed by atoms with Crippen LogP contribution in [-0.4, -0.2) is 37.2 Å². The molecule has 0 atom stereocenters. The number of amides is 1. The lowest BCUT2D eigenvalue weighted by Gasteiger charge is -2.20. The summed E-state index contributed by atoms with van der Waals surface area (Å²) in [6, 6.07) is 14.5. The Morgan fingerprint density at radius 2 is 1.74 bits per heavy atom. The molecule has 0 radical (unpaired) electrons. The minimum Gasteiger partial charge on any atom is -0.497 e. The van der Waals surface area contributed by atoms with Crippen molar-refractivity contribution in [3.05, 3.63) is 72.1 Å². The van der Waals surface area contributed by atoms with Crippen LogP contribution >= 0.6 is 11.3 Å². The summed E-state index contributed by atoms with van der Waals surface area (Å²) in [5, 5.41) is 0.579. The van der Waals surface area contributed by atoms with Gasteiger partial charge in [-0.25, -0.2) is 4.98 Å². The molecule has 2 aromatic carbocycles. The average Bonchev–Trinajstić information content (AvgIpc) is 3.24. The summed E-state index contributed by atoms with van der Waals surface area (Å²) < 4.78 is 16.9. The van der Waals surface area contributed by atoms with E-state index >= 15 is 0 Å². The predicted octanol–water partition coefficient (Wildman–Crippen LogP) is 4.56. The summed E-state index contributed by atoms with van der Waals surface area (Å²) in [5.74, 6) is 1.73. The number of thiazole rings is 1. The monoisotopic (exact) mass is 435 g/mol. The molecular weight excluding hydrogens is 414 g/mol. The first-order chi connectivity index (χ1) is 15.1. The van der Waals surface area contributed by atoms with Gasteiger partial charge in [-0.2, -0.15) is 0 Å². The fourth-order valence-electron chi connectivity index (χ4n) is 3.15. The van der Waals surface area contributed by atoms with Gasteiger partial charge in [0.15, 0.2) is 16.6 Å². The maximum absolute atomic E-state index is 13.5. The van der Waals surface area contributed by atoms with Gasteiger partial charge in [-0.05, 0) is 35.9 Å². The smallest absolute Gasteiger partial charge is 0.260 e. The number of nitrogens with zero attached hydrogens (tertiary/aromatic N) is 3. The van der Waals surface area contributed by atoms with Crippen molar-refractivity contribution in [3.63, 3.8) is 0 Å². The first kappa shape index (κ1) is 20.6. The highest BCUT2D eigenvalue weighted by Crippen LogP contribution is 2.38. The number of benzene rings is 2. The highest BCUT2D eigenvalue weighted by Gasteiger charge is 2.23. The number of hydrogen-bond acceptors (Lipinski definition) is 7. The largest absolute Gasteiger partial charge is 0.497 e. The number of methoxy groups -OCH3 is 3. The van der Waals surface area contributed by atoms with Crippen LogP contribution < -0.4 is 19.1 Å². The molecule has 7 nitrogen and oxygen atoms in total. The van der Waals surface area contributed by atoms with E-state index in [1.54, 1.807) is 62.9 Å². The summed E-state index contributed by atoms with van der Waals surface area (Å²) in [6.45, 7) is 0.340. The van der Waals surface area contributed by atoms with E-state index in [0.717, 1.165) is 15.8 Å². The lowest BCUT2D eigenvalue weighted by atomic mass is 10.2. The average molecular weight is 436 g/mol. The Morgan fingerprint density at radius 1 is 1.00 bits per heavy atom. The quantitative estimate of drug-likeness (QED) is 0.424. The third-order valence-corrected chi connectivity index (χ3v) is 5.80. The molecule has 0 saturated heterocycles. The molecule has 0 aliphatic rings. The summed E-state index contributed by atoms with van der Waals surface area (Å²) in [7, 11) is 4.77. The molecule has 0 fully saturated rings. The summed E-state index contributed by atoms with van der Waals surface area (Å²) >= 11 is 1.42. The lowest BCUT2D eigenvalue weighted by Crippen LogP contribution is -2.30. The Balaban J connectivity index is 1.76. The molecule has 0 spiro atoms. The van der Waals surface area contributed by atoms with Crippen molar-refractivity contribution in [1.82, 2.24) is 9.97 Å². The van der Waals surface area contributed by atoms with Crippen LogP contribution in [0.2, 0.25) is 0 Å². The minimum absolute atomic E-state index is 0.163. The van der Waals surface area contributed by atoms with Crippen molar-refractivity contribution in [3.8, 4) is 17.2 Å². The molecular formula is C23H21N3O4S. The number of aromatic nitrogens is 2. The number of pyridine rings is 1. The maximum Gasteiger partial charge on any atom is 0.260 e. The number of hydrogen-bond donors (Lipinski definition) is 0. The van der Waals surface area contributed by atoms with Crippen molar-refractivity contribution < 1.29 is 19.0 Å². The second kappa shape index (κ2) is 9.01. The zero-order valence-electron chi connectivity index (χ0n) is 17.4. The van der Waals surface area contributed by atoms with Gasteiger partial charge in [0.1, 0.15) is 5.75 Å². The molecule has 0 aliphatic carbocycles. The maximum atomic E-state index is 13.5. The highest BCUT2D eigenvalue weighted by atomic mass is 32.1. The molecule has 1 amide bonds. The van der Waals surface area contributed by atoms with E-state index in [1.807, 2.05) is 24.3 Å². The van der Waals surface area contributed by atoms with Crippen LogP contribution in [0.25, 0.3) is 10.2 Å². The minimum atomic E-state index is -0.163. The van der Waals surface area contributed by atoms with Gasteiger partial charge in [0.2, 0.25) is 0 Å². The topological polar surface area (TPSA) is 73.8 Å². The zero-order chi connectivity index (χ0) is 21.8. The number of rotatable bonds is 7.